The molecule has 0 aliphatic carbocycles. The topological polar surface area (TPSA) is 96.0 Å². The molecular formula is C16H15N3O3S2. The summed E-state index contributed by atoms with van der Waals surface area (Å²) in [5.41, 5.74) is 1.39. The summed E-state index contributed by atoms with van der Waals surface area (Å²) in [6.45, 7) is 5.52. The van der Waals surface area contributed by atoms with Crippen LogP contribution >= 0.6 is 23.1 Å². The molecule has 8 heteroatoms. The minimum absolute atomic E-state index is 0.0136. The van der Waals surface area contributed by atoms with Crippen LogP contribution in [0.25, 0.3) is 0 Å². The van der Waals surface area contributed by atoms with Crippen molar-refractivity contribution in [3.05, 3.63) is 50.4 Å². The van der Waals surface area contributed by atoms with Crippen LogP contribution in [-0.2, 0) is 4.79 Å². The summed E-state index contributed by atoms with van der Waals surface area (Å²) in [5.74, 6) is -0.212. The highest BCUT2D eigenvalue weighted by Crippen LogP contribution is 2.33. The van der Waals surface area contributed by atoms with Gasteiger partial charge in [0.15, 0.2) is 0 Å². The van der Waals surface area contributed by atoms with Crippen LogP contribution < -0.4 is 5.32 Å². The molecule has 1 N–H and O–H groups in total. The molecule has 1 amide bonds. The monoisotopic (exact) mass is 361 g/mol. The SMILES string of the molecule is Cc1sc(NC(=O)C(C)Sc2ccc([N+](=O)[O-])cc2)c(C#N)c1C. The van der Waals surface area contributed by atoms with E-state index in [1.165, 1.54) is 35.2 Å². The Kier molecular flexibility index (Phi) is 5.59. The minimum atomic E-state index is -0.463. The number of hydrogen-bond donors (Lipinski definition) is 1. The zero-order chi connectivity index (χ0) is 17.9. The Balaban J connectivity index is 2.06. The normalized spacial score (nSPS) is 11.6. The Morgan fingerprint density at radius 1 is 1.38 bits per heavy atom. The lowest BCUT2D eigenvalue weighted by Crippen LogP contribution is -2.22. The molecule has 0 aliphatic rings. The predicted octanol–water partition coefficient (Wildman–Crippen LogP) is 4.26. The number of nitro benzene ring substituents is 1. The fraction of sp³-hybridized carbons (Fsp3) is 0.250. The molecule has 0 saturated carbocycles. The van der Waals surface area contributed by atoms with Gasteiger partial charge in [0.2, 0.25) is 5.91 Å². The number of carbonyl (C=O) groups excluding carboxylic acids is 1. The second-order valence-corrected chi connectivity index (χ2v) is 7.74. The number of thiophene rings is 1. The van der Waals surface area contributed by atoms with Crippen LogP contribution in [0.2, 0.25) is 0 Å². The summed E-state index contributed by atoms with van der Waals surface area (Å²) in [6.07, 6.45) is 0. The molecule has 124 valence electrons. The Hall–Kier alpha value is -2.37. The van der Waals surface area contributed by atoms with Gasteiger partial charge >= 0.3 is 0 Å². The maximum absolute atomic E-state index is 12.3. The Morgan fingerprint density at radius 3 is 2.54 bits per heavy atom. The van der Waals surface area contributed by atoms with E-state index in [-0.39, 0.29) is 11.6 Å². The van der Waals surface area contributed by atoms with E-state index in [1.807, 2.05) is 13.8 Å². The number of amides is 1. The fourth-order valence-electron chi connectivity index (χ4n) is 1.97. The molecule has 0 bridgehead atoms. The van der Waals surface area contributed by atoms with E-state index in [0.29, 0.717) is 10.6 Å². The number of benzene rings is 1. The second kappa shape index (κ2) is 7.47. The number of thioether (sulfide) groups is 1. The number of rotatable bonds is 5. The number of nitro groups is 1. The number of hydrogen-bond acceptors (Lipinski definition) is 6. The smallest absolute Gasteiger partial charge is 0.269 e. The molecule has 1 aromatic carbocycles. The van der Waals surface area contributed by atoms with E-state index >= 15 is 0 Å². The molecule has 0 fully saturated rings. The van der Waals surface area contributed by atoms with Gasteiger partial charge in [-0.05, 0) is 38.5 Å². The van der Waals surface area contributed by atoms with Crippen molar-refractivity contribution in [2.24, 2.45) is 0 Å². The Labute approximate surface area is 147 Å². The van der Waals surface area contributed by atoms with Gasteiger partial charge in [-0.3, -0.25) is 14.9 Å². The van der Waals surface area contributed by atoms with Crippen molar-refractivity contribution in [3.8, 4) is 6.07 Å². The van der Waals surface area contributed by atoms with Crippen molar-refractivity contribution in [1.29, 1.82) is 5.26 Å². The first kappa shape index (κ1) is 18.0. The number of aryl methyl sites for hydroxylation is 1. The summed E-state index contributed by atoms with van der Waals surface area (Å²) in [6, 6.07) is 8.18. The first-order valence-electron chi connectivity index (χ1n) is 7.05. The molecule has 0 aliphatic heterocycles. The largest absolute Gasteiger partial charge is 0.316 e. The van der Waals surface area contributed by atoms with E-state index < -0.39 is 10.2 Å². The predicted molar refractivity (Wildman–Crippen MR) is 95.6 cm³/mol. The van der Waals surface area contributed by atoms with Crippen molar-refractivity contribution >= 4 is 39.7 Å². The second-order valence-electron chi connectivity index (χ2n) is 5.10. The van der Waals surface area contributed by atoms with E-state index in [0.717, 1.165) is 15.3 Å². The van der Waals surface area contributed by atoms with Crippen LogP contribution in [0.5, 0.6) is 0 Å². The molecule has 1 aromatic heterocycles. The number of carbonyl (C=O) groups is 1. The molecule has 24 heavy (non-hydrogen) atoms. The lowest BCUT2D eigenvalue weighted by molar-refractivity contribution is -0.384. The minimum Gasteiger partial charge on any atom is -0.316 e. The summed E-state index contributed by atoms with van der Waals surface area (Å²) in [4.78, 5) is 24.3. The van der Waals surface area contributed by atoms with Crippen molar-refractivity contribution in [1.82, 2.24) is 0 Å². The van der Waals surface area contributed by atoms with Crippen molar-refractivity contribution in [3.63, 3.8) is 0 Å². The zero-order valence-electron chi connectivity index (χ0n) is 13.3. The highest BCUT2D eigenvalue weighted by atomic mass is 32.2. The highest BCUT2D eigenvalue weighted by molar-refractivity contribution is 8.00. The van der Waals surface area contributed by atoms with Crippen molar-refractivity contribution < 1.29 is 9.72 Å². The molecule has 0 spiro atoms. The van der Waals surface area contributed by atoms with E-state index in [4.69, 9.17) is 0 Å². The average molecular weight is 361 g/mol. The number of anilines is 1. The van der Waals surface area contributed by atoms with Crippen molar-refractivity contribution in [2.45, 2.75) is 30.9 Å². The molecule has 6 nitrogen and oxygen atoms in total. The molecule has 1 atom stereocenters. The van der Waals surface area contributed by atoms with Gasteiger partial charge in [0.25, 0.3) is 5.69 Å². The van der Waals surface area contributed by atoms with Gasteiger partial charge in [-0.25, -0.2) is 0 Å². The fourth-order valence-corrected chi connectivity index (χ4v) is 3.85. The van der Waals surface area contributed by atoms with Gasteiger partial charge < -0.3 is 5.32 Å². The standard InChI is InChI=1S/C16H15N3O3S2/c1-9-10(2)24-16(14(9)8-17)18-15(20)11(3)23-13-6-4-12(5-7-13)19(21)22/h4-7,11H,1-3H3,(H,18,20). The lowest BCUT2D eigenvalue weighted by Gasteiger charge is -2.11. The van der Waals surface area contributed by atoms with E-state index in [2.05, 4.69) is 11.4 Å². The molecule has 0 saturated heterocycles. The zero-order valence-corrected chi connectivity index (χ0v) is 15.0. The summed E-state index contributed by atoms with van der Waals surface area (Å²) < 4.78 is 0. The van der Waals surface area contributed by atoms with Gasteiger partial charge in [0, 0.05) is 21.9 Å². The van der Waals surface area contributed by atoms with Gasteiger partial charge in [-0.1, -0.05) is 0 Å². The first-order chi connectivity index (χ1) is 11.3. The first-order valence-corrected chi connectivity index (χ1v) is 8.75. The third-order valence-corrected chi connectivity index (χ3v) is 5.70. The molecule has 2 aromatic rings. The molecular weight excluding hydrogens is 346 g/mol. The van der Waals surface area contributed by atoms with Crippen LogP contribution in [0.15, 0.2) is 29.2 Å². The van der Waals surface area contributed by atoms with Crippen LogP contribution in [0.1, 0.15) is 22.9 Å². The number of nitrogens with one attached hydrogen (secondary N) is 1. The number of nitriles is 1. The third-order valence-electron chi connectivity index (χ3n) is 3.46. The summed E-state index contributed by atoms with van der Waals surface area (Å²) >= 11 is 2.69. The van der Waals surface area contributed by atoms with Gasteiger partial charge in [0.05, 0.1) is 15.7 Å². The molecule has 0 radical (unpaired) electrons. The molecule has 1 heterocycles. The molecule has 1 unspecified atom stereocenters. The van der Waals surface area contributed by atoms with Crippen LogP contribution in [0, 0.1) is 35.3 Å². The van der Waals surface area contributed by atoms with Gasteiger partial charge in [-0.15, -0.1) is 23.1 Å². The number of non-ortho nitro benzene ring substituents is 1. The quantitative estimate of drug-likeness (QED) is 0.487. The van der Waals surface area contributed by atoms with Crippen LogP contribution in [-0.4, -0.2) is 16.1 Å². The van der Waals surface area contributed by atoms with Gasteiger partial charge in [-0.2, -0.15) is 5.26 Å². The third kappa shape index (κ3) is 3.93. The Morgan fingerprint density at radius 2 is 2.00 bits per heavy atom. The summed E-state index contributed by atoms with van der Waals surface area (Å²) in [5, 5.41) is 22.8. The maximum atomic E-state index is 12.3. The van der Waals surface area contributed by atoms with E-state index in [9.17, 15) is 20.2 Å². The highest BCUT2D eigenvalue weighted by Gasteiger charge is 2.19. The maximum Gasteiger partial charge on any atom is 0.269 e. The molecule has 2 rings (SSSR count). The average Bonchev–Trinajstić information content (AvgIpc) is 2.81. The van der Waals surface area contributed by atoms with E-state index in [1.54, 1.807) is 19.1 Å². The van der Waals surface area contributed by atoms with Crippen molar-refractivity contribution in [2.75, 3.05) is 5.32 Å². The van der Waals surface area contributed by atoms with Crippen LogP contribution in [0.4, 0.5) is 10.7 Å². The lowest BCUT2D eigenvalue weighted by atomic mass is 10.2. The van der Waals surface area contributed by atoms with Crippen LogP contribution in [0.3, 0.4) is 0 Å². The number of nitrogens with zero attached hydrogens (tertiary/aromatic N) is 2. The Bertz CT molecular complexity index is 822. The summed E-state index contributed by atoms with van der Waals surface area (Å²) in [7, 11) is 0. The van der Waals surface area contributed by atoms with Gasteiger partial charge in [0.1, 0.15) is 11.1 Å².